The van der Waals surface area contributed by atoms with Crippen molar-refractivity contribution in [3.05, 3.63) is 53.6 Å². The van der Waals surface area contributed by atoms with E-state index in [-0.39, 0.29) is 23.3 Å². The van der Waals surface area contributed by atoms with Gasteiger partial charge in [-0.25, -0.2) is 9.07 Å². The number of hydrogen-bond acceptors (Lipinski definition) is 2. The number of amides is 1. The third-order valence-electron chi connectivity index (χ3n) is 3.84. The minimum Gasteiger partial charge on any atom is -0.337 e. The summed E-state index contributed by atoms with van der Waals surface area (Å²) in [5.41, 5.74) is 0.981. The summed E-state index contributed by atoms with van der Waals surface area (Å²) in [6, 6.07) is 7.49. The molecule has 0 unspecified atom stereocenters. The Kier molecular flexibility index (Phi) is 3.87. The van der Waals surface area contributed by atoms with Crippen molar-refractivity contribution >= 4 is 5.91 Å². The second-order valence-electron chi connectivity index (χ2n) is 5.25. The van der Waals surface area contributed by atoms with Crippen LogP contribution in [0.3, 0.4) is 0 Å². The fraction of sp³-hybridized carbons (Fsp3) is 0.333. The van der Waals surface area contributed by atoms with Crippen molar-refractivity contribution in [3.8, 4) is 0 Å². The van der Waals surface area contributed by atoms with E-state index in [0.717, 1.165) is 18.2 Å². The molecule has 1 amide bonds. The van der Waals surface area contributed by atoms with Crippen LogP contribution in [0.5, 0.6) is 0 Å². The fourth-order valence-electron chi connectivity index (χ4n) is 2.67. The monoisotopic (exact) mass is 309 g/mol. The van der Waals surface area contributed by atoms with Gasteiger partial charge in [0, 0.05) is 25.2 Å². The zero-order chi connectivity index (χ0) is 15.7. The highest BCUT2D eigenvalue weighted by molar-refractivity contribution is 5.92. The van der Waals surface area contributed by atoms with Crippen LogP contribution >= 0.6 is 0 Å². The van der Waals surface area contributed by atoms with Crippen LogP contribution in [0.1, 0.15) is 34.9 Å². The summed E-state index contributed by atoms with van der Waals surface area (Å²) >= 11 is 0. The van der Waals surface area contributed by atoms with Crippen LogP contribution in [0.4, 0.5) is 13.2 Å². The van der Waals surface area contributed by atoms with E-state index in [4.69, 9.17) is 0 Å². The lowest BCUT2D eigenvalue weighted by molar-refractivity contribution is 0.0553. The van der Waals surface area contributed by atoms with Gasteiger partial charge in [0.25, 0.3) is 5.91 Å². The molecule has 116 valence electrons. The molecule has 1 aromatic carbocycles. The molecule has 2 heterocycles. The average molecular weight is 309 g/mol. The zero-order valence-electron chi connectivity index (χ0n) is 11.6. The number of hydrogen-bond donors (Lipinski definition) is 0. The van der Waals surface area contributed by atoms with Crippen molar-refractivity contribution in [1.82, 2.24) is 14.7 Å². The highest BCUT2D eigenvalue weighted by Crippen LogP contribution is 2.28. The predicted octanol–water partition coefficient (Wildman–Crippen LogP) is 3.05. The summed E-state index contributed by atoms with van der Waals surface area (Å²) in [7, 11) is 0. The van der Waals surface area contributed by atoms with Crippen molar-refractivity contribution in [2.45, 2.75) is 18.9 Å². The van der Waals surface area contributed by atoms with E-state index >= 15 is 0 Å². The molecule has 1 aliphatic rings. The second kappa shape index (κ2) is 5.82. The van der Waals surface area contributed by atoms with E-state index in [1.807, 2.05) is 0 Å². The molecule has 0 N–H and O–H groups in total. The largest absolute Gasteiger partial charge is 0.337 e. The smallest absolute Gasteiger partial charge is 0.333 e. The Bertz CT molecular complexity index is 669. The lowest BCUT2D eigenvalue weighted by Crippen LogP contribution is -2.29. The molecule has 1 aromatic heterocycles. The molecule has 4 nitrogen and oxygen atoms in total. The van der Waals surface area contributed by atoms with Crippen LogP contribution in [0, 0.1) is 5.82 Å². The lowest BCUT2D eigenvalue weighted by atomic mass is 9.99. The van der Waals surface area contributed by atoms with Crippen LogP contribution in [0.15, 0.2) is 36.5 Å². The third kappa shape index (κ3) is 2.84. The van der Waals surface area contributed by atoms with E-state index in [0.29, 0.717) is 17.8 Å². The minimum absolute atomic E-state index is 0.0139. The van der Waals surface area contributed by atoms with E-state index < -0.39 is 6.55 Å². The molecule has 1 fully saturated rings. The Morgan fingerprint density at radius 3 is 2.59 bits per heavy atom. The molecular weight excluding hydrogens is 295 g/mol. The standard InChI is InChI=1S/C15H14F3N3O/c16-12-3-1-10(2-4-12)11-5-7-20(9-11)14(22)13-6-8-21(19-13)15(17)18/h1-4,6,8,11,15H,5,7,9H2/t11-/m0/s1. The van der Waals surface area contributed by atoms with Crippen LogP contribution < -0.4 is 0 Å². The van der Waals surface area contributed by atoms with Crippen LogP contribution in [-0.2, 0) is 0 Å². The van der Waals surface area contributed by atoms with Gasteiger partial charge < -0.3 is 4.90 Å². The maximum absolute atomic E-state index is 12.9. The number of nitrogens with zero attached hydrogens (tertiary/aromatic N) is 3. The molecule has 2 aromatic rings. The number of rotatable bonds is 3. The minimum atomic E-state index is -2.76. The summed E-state index contributed by atoms with van der Waals surface area (Å²) in [5, 5.41) is 3.59. The molecule has 0 bridgehead atoms. The van der Waals surface area contributed by atoms with Crippen molar-refractivity contribution in [3.63, 3.8) is 0 Å². The van der Waals surface area contributed by atoms with Gasteiger partial charge in [0.2, 0.25) is 0 Å². The molecule has 22 heavy (non-hydrogen) atoms. The van der Waals surface area contributed by atoms with Crippen LogP contribution in [-0.4, -0.2) is 33.7 Å². The number of carbonyl (C=O) groups is 1. The van der Waals surface area contributed by atoms with Gasteiger partial charge in [-0.3, -0.25) is 4.79 Å². The van der Waals surface area contributed by atoms with E-state index in [9.17, 15) is 18.0 Å². The highest BCUT2D eigenvalue weighted by atomic mass is 19.3. The van der Waals surface area contributed by atoms with E-state index in [1.165, 1.54) is 18.2 Å². The van der Waals surface area contributed by atoms with Crippen LogP contribution in [0.25, 0.3) is 0 Å². The number of halogens is 3. The van der Waals surface area contributed by atoms with Gasteiger partial charge >= 0.3 is 6.55 Å². The van der Waals surface area contributed by atoms with E-state index in [1.54, 1.807) is 17.0 Å². The summed E-state index contributed by atoms with van der Waals surface area (Å²) in [4.78, 5) is 13.8. The molecule has 7 heteroatoms. The Morgan fingerprint density at radius 1 is 1.23 bits per heavy atom. The van der Waals surface area contributed by atoms with Gasteiger partial charge in [0.05, 0.1) is 0 Å². The Hall–Kier alpha value is -2.31. The highest BCUT2D eigenvalue weighted by Gasteiger charge is 2.29. The van der Waals surface area contributed by atoms with Gasteiger partial charge in [-0.15, -0.1) is 0 Å². The van der Waals surface area contributed by atoms with E-state index in [2.05, 4.69) is 5.10 Å². The summed E-state index contributed by atoms with van der Waals surface area (Å²) < 4.78 is 38.4. The fourth-order valence-corrected chi connectivity index (χ4v) is 2.67. The molecule has 0 spiro atoms. The van der Waals surface area contributed by atoms with Crippen molar-refractivity contribution in [2.24, 2.45) is 0 Å². The molecule has 0 saturated carbocycles. The number of carbonyl (C=O) groups excluding carboxylic acids is 1. The topological polar surface area (TPSA) is 38.1 Å². The predicted molar refractivity (Wildman–Crippen MR) is 73.1 cm³/mol. The van der Waals surface area contributed by atoms with Crippen LogP contribution in [0.2, 0.25) is 0 Å². The van der Waals surface area contributed by atoms with Crippen molar-refractivity contribution in [2.75, 3.05) is 13.1 Å². The normalized spacial score (nSPS) is 18.2. The Labute approximate surface area is 125 Å². The van der Waals surface area contributed by atoms with Gasteiger partial charge in [-0.05, 0) is 30.2 Å². The maximum Gasteiger partial charge on any atom is 0.333 e. The van der Waals surface area contributed by atoms with Gasteiger partial charge in [-0.1, -0.05) is 12.1 Å². The quantitative estimate of drug-likeness (QED) is 0.874. The first-order valence-corrected chi connectivity index (χ1v) is 6.92. The van der Waals surface area contributed by atoms with Crippen molar-refractivity contribution in [1.29, 1.82) is 0 Å². The van der Waals surface area contributed by atoms with Crippen molar-refractivity contribution < 1.29 is 18.0 Å². The summed E-state index contributed by atoms with van der Waals surface area (Å²) in [6.07, 6.45) is 1.85. The molecule has 1 saturated heterocycles. The summed E-state index contributed by atoms with van der Waals surface area (Å²) in [5.74, 6) is -0.530. The molecule has 1 aliphatic heterocycles. The van der Waals surface area contributed by atoms with Gasteiger partial charge in [-0.2, -0.15) is 13.9 Å². The SMILES string of the molecule is O=C(c1ccn(C(F)F)n1)N1CC[C@H](c2ccc(F)cc2)C1. The first-order chi connectivity index (χ1) is 10.5. The van der Waals surface area contributed by atoms with Gasteiger partial charge in [0.1, 0.15) is 5.82 Å². The van der Waals surface area contributed by atoms with Gasteiger partial charge in [0.15, 0.2) is 5.69 Å². The molecular formula is C15H14F3N3O. The third-order valence-corrected chi connectivity index (χ3v) is 3.84. The number of benzene rings is 1. The Morgan fingerprint density at radius 2 is 1.95 bits per heavy atom. The number of alkyl halides is 2. The summed E-state index contributed by atoms with van der Waals surface area (Å²) in [6.45, 7) is -1.75. The first kappa shape index (κ1) is 14.6. The number of aromatic nitrogens is 2. The maximum atomic E-state index is 12.9. The molecule has 0 aliphatic carbocycles. The molecule has 1 atom stereocenters. The number of likely N-dealkylation sites (tertiary alicyclic amines) is 1. The molecule has 0 radical (unpaired) electrons. The zero-order valence-corrected chi connectivity index (χ0v) is 11.6. The molecule has 3 rings (SSSR count). The Balaban J connectivity index is 1.69. The first-order valence-electron chi connectivity index (χ1n) is 6.92. The average Bonchev–Trinajstić information content (AvgIpc) is 3.17. The second-order valence-corrected chi connectivity index (χ2v) is 5.25. The lowest BCUT2D eigenvalue weighted by Gasteiger charge is -2.15.